The van der Waals surface area contributed by atoms with Crippen LogP contribution in [0.4, 0.5) is 0 Å². The summed E-state index contributed by atoms with van der Waals surface area (Å²) >= 11 is 8.28. The fourth-order valence-corrected chi connectivity index (χ4v) is 0.415. The third kappa shape index (κ3) is 6.20. The molecule has 0 aliphatic carbocycles. The Balaban J connectivity index is 2.82. The maximum atomic E-state index is 4.82. The molecule has 0 aliphatic rings. The van der Waals surface area contributed by atoms with Crippen LogP contribution >= 0.6 is 24.8 Å². The van der Waals surface area contributed by atoms with Crippen LogP contribution in [0.3, 0.4) is 0 Å². The first-order valence-corrected chi connectivity index (χ1v) is 3.13. The van der Waals surface area contributed by atoms with Crippen LogP contribution in [0, 0.1) is 0 Å². The van der Waals surface area contributed by atoms with Crippen molar-refractivity contribution in [3.05, 3.63) is 0 Å². The monoisotopic (exact) mass is 151 g/mol. The van der Waals surface area contributed by atoms with E-state index in [9.17, 15) is 0 Å². The van der Waals surface area contributed by atoms with E-state index in [1.165, 1.54) is 0 Å². The number of thiocarbonyl (C=S) groups is 1. The van der Waals surface area contributed by atoms with Crippen molar-refractivity contribution in [3.63, 3.8) is 0 Å². The molecule has 8 heavy (non-hydrogen) atoms. The molecule has 0 aliphatic heterocycles. The summed E-state index contributed by atoms with van der Waals surface area (Å²) in [4.78, 5) is 0. The normalized spacial score (nSPS) is 8.75. The largest absolute Gasteiger partial charge is 0.477 e. The lowest BCUT2D eigenvalue weighted by atomic mass is 10.7. The van der Waals surface area contributed by atoms with Crippen molar-refractivity contribution in [1.82, 2.24) is 5.32 Å². The van der Waals surface area contributed by atoms with Crippen LogP contribution in [0.25, 0.3) is 0 Å². The summed E-state index contributed by atoms with van der Waals surface area (Å²) in [5.41, 5.74) is 0. The second-order valence-electron chi connectivity index (χ2n) is 1.22. The zero-order valence-electron chi connectivity index (χ0n) is 4.68. The summed E-state index contributed by atoms with van der Waals surface area (Å²) in [6.07, 6.45) is 0. The molecule has 0 rings (SSSR count). The lowest BCUT2D eigenvalue weighted by Gasteiger charge is -1.99. The van der Waals surface area contributed by atoms with Gasteiger partial charge in [-0.1, -0.05) is 12.6 Å². The van der Waals surface area contributed by atoms with Gasteiger partial charge in [0.15, 0.2) is 0 Å². The number of thiol groups is 1. The molecule has 2 nitrogen and oxygen atoms in total. The fraction of sp³-hybridized carbons (Fsp3) is 0.750. The van der Waals surface area contributed by atoms with Crippen LogP contribution in [-0.2, 0) is 4.74 Å². The van der Waals surface area contributed by atoms with E-state index in [1.54, 1.807) is 0 Å². The Kier molecular flexibility index (Phi) is 5.47. The fourth-order valence-electron chi connectivity index (χ4n) is 0.240. The van der Waals surface area contributed by atoms with Crippen LogP contribution in [0.5, 0.6) is 0 Å². The molecule has 1 N–H and O–H groups in total. The molecule has 0 bridgehead atoms. The lowest BCUT2D eigenvalue weighted by Crippen LogP contribution is -2.14. The van der Waals surface area contributed by atoms with Crippen molar-refractivity contribution in [2.75, 3.05) is 20.2 Å². The average Bonchev–Trinajstić information content (AvgIpc) is 1.66. The molecule has 0 amide bonds. The number of nitrogens with one attached hydrogen (secondary N) is 1. The van der Waals surface area contributed by atoms with Crippen LogP contribution in [-0.4, -0.2) is 24.6 Å². The third-order valence-corrected chi connectivity index (χ3v) is 0.825. The molecule has 0 aromatic heterocycles. The molecular weight excluding hydrogens is 142 g/mol. The second kappa shape index (κ2) is 5.34. The summed E-state index contributed by atoms with van der Waals surface area (Å²) in [5, 5.41) is 2.90. The SMILES string of the molecule is CNCCOC(=S)S. The van der Waals surface area contributed by atoms with Gasteiger partial charge in [0.25, 0.3) is 0 Å². The summed E-state index contributed by atoms with van der Waals surface area (Å²) < 4.78 is 5.12. The Morgan fingerprint density at radius 3 is 2.88 bits per heavy atom. The van der Waals surface area contributed by atoms with Gasteiger partial charge in [0.1, 0.15) is 6.61 Å². The van der Waals surface area contributed by atoms with Gasteiger partial charge in [-0.05, 0) is 19.3 Å². The van der Waals surface area contributed by atoms with E-state index in [4.69, 9.17) is 4.74 Å². The summed E-state index contributed by atoms with van der Waals surface area (Å²) in [7, 11) is 1.85. The molecule has 0 radical (unpaired) electrons. The summed E-state index contributed by atoms with van der Waals surface area (Å²) in [6.45, 7) is 1.40. The molecule has 0 saturated heterocycles. The number of ether oxygens (including phenoxy) is 1. The van der Waals surface area contributed by atoms with Crippen molar-refractivity contribution < 1.29 is 4.74 Å². The predicted molar refractivity (Wildman–Crippen MR) is 41.5 cm³/mol. The summed E-state index contributed by atoms with van der Waals surface area (Å²) in [6, 6.07) is 0. The van der Waals surface area contributed by atoms with Gasteiger partial charge < -0.3 is 10.1 Å². The van der Waals surface area contributed by atoms with Crippen LogP contribution < -0.4 is 5.32 Å². The van der Waals surface area contributed by atoms with Crippen molar-refractivity contribution in [3.8, 4) is 0 Å². The van der Waals surface area contributed by atoms with Gasteiger partial charge in [-0.3, -0.25) is 0 Å². The van der Waals surface area contributed by atoms with E-state index >= 15 is 0 Å². The van der Waals surface area contributed by atoms with Gasteiger partial charge in [-0.2, -0.15) is 0 Å². The van der Waals surface area contributed by atoms with E-state index in [2.05, 4.69) is 30.2 Å². The molecule has 0 aromatic rings. The Bertz CT molecular complexity index is 76.4. The van der Waals surface area contributed by atoms with Crippen LogP contribution in [0.15, 0.2) is 0 Å². The zero-order valence-corrected chi connectivity index (χ0v) is 6.39. The molecule has 0 heterocycles. The Hall–Kier alpha value is 0.200. The Morgan fingerprint density at radius 2 is 2.50 bits per heavy atom. The van der Waals surface area contributed by atoms with E-state index in [0.29, 0.717) is 11.0 Å². The number of likely N-dealkylation sites (N-methyl/N-ethyl adjacent to an activating group) is 1. The molecule has 0 spiro atoms. The first kappa shape index (κ1) is 8.20. The highest BCUT2D eigenvalue weighted by atomic mass is 32.1. The average molecular weight is 151 g/mol. The van der Waals surface area contributed by atoms with E-state index in [0.717, 1.165) is 6.54 Å². The third-order valence-electron chi connectivity index (χ3n) is 0.578. The van der Waals surface area contributed by atoms with Crippen LogP contribution in [0.2, 0.25) is 0 Å². The van der Waals surface area contributed by atoms with Crippen LogP contribution in [0.1, 0.15) is 0 Å². The predicted octanol–water partition coefficient (Wildman–Crippen LogP) is 0.437. The second-order valence-corrected chi connectivity index (χ2v) is 2.30. The molecule has 48 valence electrons. The molecule has 4 heteroatoms. The van der Waals surface area contributed by atoms with Gasteiger partial charge >= 0.3 is 0 Å². The van der Waals surface area contributed by atoms with Gasteiger partial charge in [0, 0.05) is 6.54 Å². The minimum absolute atomic E-state index is 0.306. The molecule has 0 unspecified atom stereocenters. The van der Waals surface area contributed by atoms with E-state index < -0.39 is 0 Å². The minimum atomic E-state index is 0.306. The maximum absolute atomic E-state index is 4.82. The minimum Gasteiger partial charge on any atom is -0.477 e. The molecule has 0 atom stereocenters. The number of rotatable bonds is 3. The Labute approximate surface area is 60.0 Å². The quantitative estimate of drug-likeness (QED) is 0.347. The first-order valence-electron chi connectivity index (χ1n) is 2.27. The van der Waals surface area contributed by atoms with E-state index in [-0.39, 0.29) is 0 Å². The summed E-state index contributed by atoms with van der Waals surface area (Å²) in [5.74, 6) is 0. The first-order chi connectivity index (χ1) is 3.77. The highest BCUT2D eigenvalue weighted by Crippen LogP contribution is 1.84. The van der Waals surface area contributed by atoms with Gasteiger partial charge in [-0.25, -0.2) is 0 Å². The maximum Gasteiger partial charge on any atom is 0.216 e. The van der Waals surface area contributed by atoms with Gasteiger partial charge in [0.05, 0.1) is 0 Å². The van der Waals surface area contributed by atoms with Gasteiger partial charge in [-0.15, -0.1) is 0 Å². The molecule has 0 fully saturated rings. The van der Waals surface area contributed by atoms with Crippen molar-refractivity contribution in [2.45, 2.75) is 0 Å². The standard InChI is InChI=1S/C4H9NOS2/c1-5-2-3-6-4(7)8/h5H,2-3H2,1H3,(H,7,8). The van der Waals surface area contributed by atoms with E-state index in [1.807, 2.05) is 7.05 Å². The molecular formula is C4H9NOS2. The van der Waals surface area contributed by atoms with Crippen molar-refractivity contribution in [1.29, 1.82) is 0 Å². The zero-order chi connectivity index (χ0) is 6.41. The highest BCUT2D eigenvalue weighted by molar-refractivity contribution is 8.10. The van der Waals surface area contributed by atoms with Crippen molar-refractivity contribution >= 4 is 29.2 Å². The topological polar surface area (TPSA) is 21.3 Å². The lowest BCUT2D eigenvalue weighted by molar-refractivity contribution is 0.323. The Morgan fingerprint density at radius 1 is 1.88 bits per heavy atom. The van der Waals surface area contributed by atoms with Gasteiger partial charge in [0.2, 0.25) is 4.38 Å². The number of hydrogen-bond acceptors (Lipinski definition) is 3. The smallest absolute Gasteiger partial charge is 0.216 e. The number of hydrogen-bond donors (Lipinski definition) is 2. The van der Waals surface area contributed by atoms with Crippen molar-refractivity contribution in [2.24, 2.45) is 0 Å². The highest BCUT2D eigenvalue weighted by Gasteiger charge is 1.84. The molecule has 0 aromatic carbocycles. The molecule has 0 saturated carbocycles.